The molecule has 5 heteroatoms. The number of hydrogen-bond donors (Lipinski definition) is 1. The van der Waals surface area contributed by atoms with Crippen LogP contribution in [0.2, 0.25) is 0 Å². The molecule has 0 aliphatic heterocycles. The third-order valence-corrected chi connectivity index (χ3v) is 5.77. The van der Waals surface area contributed by atoms with Crippen molar-refractivity contribution >= 4 is 25.8 Å². The third kappa shape index (κ3) is 2.31. The van der Waals surface area contributed by atoms with E-state index < -0.39 is 9.84 Å². The van der Waals surface area contributed by atoms with Gasteiger partial charge in [-0.15, -0.1) is 0 Å². The highest BCUT2D eigenvalue weighted by molar-refractivity contribution is 9.10. The van der Waals surface area contributed by atoms with Gasteiger partial charge >= 0.3 is 0 Å². The van der Waals surface area contributed by atoms with Crippen molar-refractivity contribution in [3.05, 3.63) is 28.7 Å². The lowest BCUT2D eigenvalue weighted by Gasteiger charge is -2.11. The van der Waals surface area contributed by atoms with Gasteiger partial charge < -0.3 is 5.73 Å². The summed E-state index contributed by atoms with van der Waals surface area (Å²) in [6, 6.07) is 6.82. The maximum Gasteiger partial charge on any atom is 0.181 e. The van der Waals surface area contributed by atoms with Gasteiger partial charge in [0.1, 0.15) is 0 Å². The highest BCUT2D eigenvalue weighted by atomic mass is 79.9. The molecule has 0 heterocycles. The van der Waals surface area contributed by atoms with Gasteiger partial charge in [-0.3, -0.25) is 0 Å². The third-order valence-electron chi connectivity index (χ3n) is 3.01. The van der Waals surface area contributed by atoms with Crippen LogP contribution in [0.15, 0.2) is 33.6 Å². The van der Waals surface area contributed by atoms with Crippen LogP contribution in [-0.4, -0.2) is 19.7 Å². The first-order chi connectivity index (χ1) is 7.50. The van der Waals surface area contributed by atoms with E-state index in [1.807, 2.05) is 0 Å². The summed E-state index contributed by atoms with van der Waals surface area (Å²) < 4.78 is 25.3. The Bertz CT molecular complexity index is 469. The number of nitrogens with two attached hydrogens (primary N) is 1. The molecule has 0 bridgehead atoms. The van der Waals surface area contributed by atoms with Crippen LogP contribution in [0.4, 0.5) is 0 Å². The van der Waals surface area contributed by atoms with Gasteiger partial charge in [-0.1, -0.05) is 15.9 Å². The van der Waals surface area contributed by atoms with E-state index in [9.17, 15) is 8.42 Å². The molecule has 1 aromatic carbocycles. The molecule has 1 aliphatic rings. The predicted molar refractivity (Wildman–Crippen MR) is 66.9 cm³/mol. The van der Waals surface area contributed by atoms with E-state index in [0.29, 0.717) is 17.7 Å². The summed E-state index contributed by atoms with van der Waals surface area (Å²) in [5.74, 6) is 0. The monoisotopic (exact) mass is 303 g/mol. The van der Waals surface area contributed by atoms with Crippen LogP contribution in [0.3, 0.4) is 0 Å². The zero-order chi connectivity index (χ0) is 11.8. The lowest BCUT2D eigenvalue weighted by molar-refractivity contribution is 0.578. The molecule has 0 amide bonds. The van der Waals surface area contributed by atoms with Crippen molar-refractivity contribution < 1.29 is 8.42 Å². The molecule has 2 atom stereocenters. The standard InChI is InChI=1S/C11H14BrNO2S/c12-8-1-4-10(5-2-8)16(14,15)11-6-3-9(13)7-11/h1-2,4-5,9,11H,3,6-7,13H2. The molecule has 88 valence electrons. The SMILES string of the molecule is NC1CCC(S(=O)(=O)c2ccc(Br)cc2)C1. The van der Waals surface area contributed by atoms with Crippen LogP contribution in [-0.2, 0) is 9.84 Å². The van der Waals surface area contributed by atoms with Crippen molar-refractivity contribution in [3.63, 3.8) is 0 Å². The topological polar surface area (TPSA) is 60.2 Å². The summed E-state index contributed by atoms with van der Waals surface area (Å²) in [6.45, 7) is 0. The molecule has 3 nitrogen and oxygen atoms in total. The van der Waals surface area contributed by atoms with Gasteiger partial charge in [0.25, 0.3) is 0 Å². The zero-order valence-corrected chi connectivity index (χ0v) is 11.2. The average Bonchev–Trinajstić information content (AvgIpc) is 2.66. The fourth-order valence-corrected chi connectivity index (χ4v) is 4.18. The van der Waals surface area contributed by atoms with Crippen LogP contribution in [0.25, 0.3) is 0 Å². The first kappa shape index (κ1) is 12.1. The minimum Gasteiger partial charge on any atom is -0.328 e. The number of hydrogen-bond acceptors (Lipinski definition) is 3. The molecule has 1 saturated carbocycles. The van der Waals surface area contributed by atoms with Gasteiger partial charge in [0.05, 0.1) is 10.1 Å². The van der Waals surface area contributed by atoms with Crippen molar-refractivity contribution in [3.8, 4) is 0 Å². The van der Waals surface area contributed by atoms with Crippen LogP contribution in [0.5, 0.6) is 0 Å². The second-order valence-electron chi connectivity index (χ2n) is 4.19. The lowest BCUT2D eigenvalue weighted by atomic mass is 10.3. The maximum absolute atomic E-state index is 12.2. The molecule has 0 radical (unpaired) electrons. The second kappa shape index (κ2) is 4.47. The Balaban J connectivity index is 2.29. The van der Waals surface area contributed by atoms with E-state index in [2.05, 4.69) is 15.9 Å². The molecule has 0 saturated heterocycles. The Morgan fingerprint density at radius 3 is 2.31 bits per heavy atom. The van der Waals surface area contributed by atoms with Crippen LogP contribution in [0, 0.1) is 0 Å². The molecule has 2 unspecified atom stereocenters. The van der Waals surface area contributed by atoms with E-state index in [0.717, 1.165) is 10.9 Å². The highest BCUT2D eigenvalue weighted by Crippen LogP contribution is 2.29. The van der Waals surface area contributed by atoms with E-state index >= 15 is 0 Å². The second-order valence-corrected chi connectivity index (χ2v) is 7.34. The molecule has 2 N–H and O–H groups in total. The van der Waals surface area contributed by atoms with E-state index in [-0.39, 0.29) is 11.3 Å². The number of sulfone groups is 1. The van der Waals surface area contributed by atoms with Crippen molar-refractivity contribution in [2.75, 3.05) is 0 Å². The van der Waals surface area contributed by atoms with Gasteiger partial charge in [-0.2, -0.15) is 0 Å². The Hall–Kier alpha value is -0.390. The minimum atomic E-state index is -3.19. The summed E-state index contributed by atoms with van der Waals surface area (Å²) in [5, 5.41) is -0.302. The van der Waals surface area contributed by atoms with Gasteiger partial charge in [0.2, 0.25) is 0 Å². The molecule has 2 rings (SSSR count). The predicted octanol–water partition coefficient (Wildman–Crippen LogP) is 2.10. The first-order valence-electron chi connectivity index (χ1n) is 5.25. The molecule has 1 aromatic rings. The summed E-state index contributed by atoms with van der Waals surface area (Å²) in [5.41, 5.74) is 5.75. The van der Waals surface area contributed by atoms with Gasteiger partial charge in [0.15, 0.2) is 9.84 Å². The molecule has 0 spiro atoms. The zero-order valence-electron chi connectivity index (χ0n) is 8.77. The number of benzene rings is 1. The van der Waals surface area contributed by atoms with Crippen molar-refractivity contribution in [2.45, 2.75) is 35.4 Å². The Labute approximate surface area is 104 Å². The fourth-order valence-electron chi connectivity index (χ4n) is 2.07. The minimum absolute atomic E-state index is 0.0372. The number of halogens is 1. The first-order valence-corrected chi connectivity index (χ1v) is 7.59. The smallest absolute Gasteiger partial charge is 0.181 e. The molecule has 1 aliphatic carbocycles. The largest absolute Gasteiger partial charge is 0.328 e. The van der Waals surface area contributed by atoms with Gasteiger partial charge in [-0.25, -0.2) is 8.42 Å². The van der Waals surface area contributed by atoms with Gasteiger partial charge in [0, 0.05) is 10.5 Å². The summed E-state index contributed by atoms with van der Waals surface area (Å²) in [4.78, 5) is 0.398. The van der Waals surface area contributed by atoms with Gasteiger partial charge in [-0.05, 0) is 43.5 Å². The van der Waals surface area contributed by atoms with Crippen LogP contribution < -0.4 is 5.73 Å². The summed E-state index contributed by atoms with van der Waals surface area (Å²) in [7, 11) is -3.19. The van der Waals surface area contributed by atoms with Crippen molar-refractivity contribution in [2.24, 2.45) is 5.73 Å². The Morgan fingerprint density at radius 2 is 1.81 bits per heavy atom. The molecular weight excluding hydrogens is 290 g/mol. The molecule has 0 aromatic heterocycles. The van der Waals surface area contributed by atoms with Crippen molar-refractivity contribution in [1.82, 2.24) is 0 Å². The molecular formula is C11H14BrNO2S. The number of rotatable bonds is 2. The highest BCUT2D eigenvalue weighted by Gasteiger charge is 2.33. The van der Waals surface area contributed by atoms with E-state index in [1.54, 1.807) is 24.3 Å². The summed E-state index contributed by atoms with van der Waals surface area (Å²) in [6.07, 6.45) is 2.07. The fraction of sp³-hybridized carbons (Fsp3) is 0.455. The van der Waals surface area contributed by atoms with Crippen LogP contribution >= 0.6 is 15.9 Å². The Kier molecular flexibility index (Phi) is 3.37. The van der Waals surface area contributed by atoms with E-state index in [1.165, 1.54) is 0 Å². The molecule has 1 fully saturated rings. The Morgan fingerprint density at radius 1 is 1.19 bits per heavy atom. The van der Waals surface area contributed by atoms with Crippen molar-refractivity contribution in [1.29, 1.82) is 0 Å². The summed E-state index contributed by atoms with van der Waals surface area (Å²) >= 11 is 3.29. The van der Waals surface area contributed by atoms with Crippen LogP contribution in [0.1, 0.15) is 19.3 Å². The lowest BCUT2D eigenvalue weighted by Crippen LogP contribution is -2.22. The normalized spacial score (nSPS) is 25.9. The quantitative estimate of drug-likeness (QED) is 0.910. The maximum atomic E-state index is 12.2. The average molecular weight is 304 g/mol. The van der Waals surface area contributed by atoms with E-state index in [4.69, 9.17) is 5.73 Å². The molecule has 16 heavy (non-hydrogen) atoms.